The number of nitrogens with zero attached hydrogens (tertiary/aromatic N) is 1. The second-order valence-corrected chi connectivity index (χ2v) is 5.02. The van der Waals surface area contributed by atoms with Crippen LogP contribution >= 0.6 is 0 Å². The van der Waals surface area contributed by atoms with Crippen molar-refractivity contribution in [2.45, 2.75) is 39.2 Å². The van der Waals surface area contributed by atoms with Crippen LogP contribution in [0.3, 0.4) is 0 Å². The zero-order valence-corrected chi connectivity index (χ0v) is 11.4. The Kier molecular flexibility index (Phi) is 6.52. The molecule has 1 amide bonds. The average Bonchev–Trinajstić information content (AvgIpc) is 2.30. The van der Waals surface area contributed by atoms with E-state index in [1.807, 2.05) is 11.9 Å². The molecule has 0 aromatic carbocycles. The summed E-state index contributed by atoms with van der Waals surface area (Å²) in [4.78, 5) is 13.8. The molecule has 4 nitrogen and oxygen atoms in total. The molecule has 1 N–H and O–H groups in total. The molecule has 1 fully saturated rings. The van der Waals surface area contributed by atoms with E-state index in [0.717, 1.165) is 32.7 Å². The number of ether oxygens (including phenoxy) is 1. The summed E-state index contributed by atoms with van der Waals surface area (Å²) < 4.78 is 5.43. The summed E-state index contributed by atoms with van der Waals surface area (Å²) in [7, 11) is 1.90. The van der Waals surface area contributed by atoms with Crippen LogP contribution in [0.25, 0.3) is 0 Å². The highest BCUT2D eigenvalue weighted by Crippen LogP contribution is 2.14. The van der Waals surface area contributed by atoms with Gasteiger partial charge in [-0.15, -0.1) is 0 Å². The Labute approximate surface area is 105 Å². The molecule has 100 valence electrons. The summed E-state index contributed by atoms with van der Waals surface area (Å²) in [5.74, 6) is 0.746. The fraction of sp³-hybridized carbons (Fsp3) is 0.923. The number of amides is 1. The summed E-state index contributed by atoms with van der Waals surface area (Å²) in [5, 5.41) is 3.26. The maximum Gasteiger partial charge on any atom is 0.223 e. The van der Waals surface area contributed by atoms with Gasteiger partial charge in [-0.2, -0.15) is 0 Å². The molecule has 4 heteroatoms. The van der Waals surface area contributed by atoms with Gasteiger partial charge in [0.2, 0.25) is 5.91 Å². The molecular formula is C13H26N2O2. The average molecular weight is 242 g/mol. The Morgan fingerprint density at radius 1 is 1.59 bits per heavy atom. The van der Waals surface area contributed by atoms with Gasteiger partial charge < -0.3 is 15.0 Å². The van der Waals surface area contributed by atoms with E-state index in [1.54, 1.807) is 0 Å². The second kappa shape index (κ2) is 7.67. The van der Waals surface area contributed by atoms with Crippen molar-refractivity contribution in [3.8, 4) is 0 Å². The molecule has 0 aromatic heterocycles. The topological polar surface area (TPSA) is 41.6 Å². The molecule has 0 aromatic rings. The molecule has 0 aliphatic carbocycles. The normalized spacial score (nSPS) is 22.2. The third-order valence-electron chi connectivity index (χ3n) is 3.25. The van der Waals surface area contributed by atoms with Gasteiger partial charge in [0.15, 0.2) is 0 Å². The SMILES string of the molecule is CCNC(C)CC(=O)N(C)CC1CCCOC1. The number of carbonyl (C=O) groups excluding carboxylic acids is 1. The molecule has 1 aliphatic rings. The summed E-state index contributed by atoms with van der Waals surface area (Å²) in [5.41, 5.74) is 0. The highest BCUT2D eigenvalue weighted by atomic mass is 16.5. The van der Waals surface area contributed by atoms with Crippen LogP contribution in [0.1, 0.15) is 33.1 Å². The van der Waals surface area contributed by atoms with Gasteiger partial charge in [0.05, 0.1) is 6.61 Å². The first-order valence-corrected chi connectivity index (χ1v) is 6.68. The minimum absolute atomic E-state index is 0.226. The summed E-state index contributed by atoms with van der Waals surface area (Å²) >= 11 is 0. The van der Waals surface area contributed by atoms with E-state index in [1.165, 1.54) is 6.42 Å². The van der Waals surface area contributed by atoms with Crippen LogP contribution in [-0.4, -0.2) is 50.2 Å². The Hall–Kier alpha value is -0.610. The maximum absolute atomic E-state index is 11.9. The van der Waals surface area contributed by atoms with Crippen molar-refractivity contribution >= 4 is 5.91 Å². The van der Waals surface area contributed by atoms with Gasteiger partial charge in [-0.1, -0.05) is 6.92 Å². The minimum Gasteiger partial charge on any atom is -0.381 e. The molecule has 0 saturated carbocycles. The lowest BCUT2D eigenvalue weighted by atomic mass is 10.0. The maximum atomic E-state index is 11.9. The predicted molar refractivity (Wildman–Crippen MR) is 68.9 cm³/mol. The third-order valence-corrected chi connectivity index (χ3v) is 3.25. The number of rotatable bonds is 6. The van der Waals surface area contributed by atoms with Crippen LogP contribution in [0.5, 0.6) is 0 Å². The Bertz CT molecular complexity index is 227. The molecular weight excluding hydrogens is 216 g/mol. The van der Waals surface area contributed by atoms with Crippen LogP contribution in [0.15, 0.2) is 0 Å². The van der Waals surface area contributed by atoms with Crippen molar-refractivity contribution in [2.24, 2.45) is 5.92 Å². The van der Waals surface area contributed by atoms with E-state index in [2.05, 4.69) is 19.2 Å². The third kappa shape index (κ3) is 5.50. The largest absolute Gasteiger partial charge is 0.381 e. The summed E-state index contributed by atoms with van der Waals surface area (Å²) in [6.07, 6.45) is 2.89. The Balaban J connectivity index is 2.25. The van der Waals surface area contributed by atoms with Gasteiger partial charge in [-0.25, -0.2) is 0 Å². The van der Waals surface area contributed by atoms with Crippen LogP contribution in [0, 0.1) is 5.92 Å². The minimum atomic E-state index is 0.226. The van der Waals surface area contributed by atoms with Crippen molar-refractivity contribution in [1.29, 1.82) is 0 Å². The summed E-state index contributed by atoms with van der Waals surface area (Å²) in [6, 6.07) is 0.262. The monoisotopic (exact) mass is 242 g/mol. The molecule has 2 atom stereocenters. The van der Waals surface area contributed by atoms with E-state index in [9.17, 15) is 4.79 Å². The van der Waals surface area contributed by atoms with E-state index in [0.29, 0.717) is 12.3 Å². The second-order valence-electron chi connectivity index (χ2n) is 5.02. The van der Waals surface area contributed by atoms with E-state index in [-0.39, 0.29) is 11.9 Å². The molecule has 1 aliphatic heterocycles. The number of hydrogen-bond donors (Lipinski definition) is 1. The zero-order valence-electron chi connectivity index (χ0n) is 11.4. The Morgan fingerprint density at radius 3 is 2.94 bits per heavy atom. The first kappa shape index (κ1) is 14.5. The molecule has 1 heterocycles. The lowest BCUT2D eigenvalue weighted by Crippen LogP contribution is -2.38. The smallest absolute Gasteiger partial charge is 0.223 e. The van der Waals surface area contributed by atoms with E-state index >= 15 is 0 Å². The molecule has 0 spiro atoms. The van der Waals surface area contributed by atoms with Gasteiger partial charge in [-0.3, -0.25) is 4.79 Å². The number of hydrogen-bond acceptors (Lipinski definition) is 3. The van der Waals surface area contributed by atoms with Crippen molar-refractivity contribution in [3.63, 3.8) is 0 Å². The highest BCUT2D eigenvalue weighted by Gasteiger charge is 2.19. The number of nitrogens with one attached hydrogen (secondary N) is 1. The standard InChI is InChI=1S/C13H26N2O2/c1-4-14-11(2)8-13(16)15(3)9-12-6-5-7-17-10-12/h11-12,14H,4-10H2,1-3H3. The molecule has 17 heavy (non-hydrogen) atoms. The fourth-order valence-electron chi connectivity index (χ4n) is 2.28. The van der Waals surface area contributed by atoms with Crippen molar-refractivity contribution in [2.75, 3.05) is 33.4 Å². The van der Waals surface area contributed by atoms with E-state index in [4.69, 9.17) is 4.74 Å². The zero-order chi connectivity index (χ0) is 12.7. The van der Waals surface area contributed by atoms with Crippen LogP contribution in [0.4, 0.5) is 0 Å². The Morgan fingerprint density at radius 2 is 2.35 bits per heavy atom. The van der Waals surface area contributed by atoms with Gasteiger partial charge in [0, 0.05) is 32.7 Å². The van der Waals surface area contributed by atoms with Crippen molar-refractivity contribution in [3.05, 3.63) is 0 Å². The van der Waals surface area contributed by atoms with E-state index < -0.39 is 0 Å². The lowest BCUT2D eigenvalue weighted by molar-refractivity contribution is -0.131. The number of carbonyl (C=O) groups is 1. The highest BCUT2D eigenvalue weighted by molar-refractivity contribution is 5.76. The van der Waals surface area contributed by atoms with Crippen LogP contribution in [0.2, 0.25) is 0 Å². The fourth-order valence-corrected chi connectivity index (χ4v) is 2.28. The van der Waals surface area contributed by atoms with Crippen molar-refractivity contribution in [1.82, 2.24) is 10.2 Å². The van der Waals surface area contributed by atoms with Gasteiger partial charge in [0.25, 0.3) is 0 Å². The van der Waals surface area contributed by atoms with Gasteiger partial charge in [0.1, 0.15) is 0 Å². The molecule has 1 saturated heterocycles. The molecule has 2 unspecified atom stereocenters. The van der Waals surface area contributed by atoms with Crippen LogP contribution in [-0.2, 0) is 9.53 Å². The summed E-state index contributed by atoms with van der Waals surface area (Å²) in [6.45, 7) is 7.54. The first-order valence-electron chi connectivity index (χ1n) is 6.68. The van der Waals surface area contributed by atoms with Gasteiger partial charge in [-0.05, 0) is 32.2 Å². The van der Waals surface area contributed by atoms with Gasteiger partial charge >= 0.3 is 0 Å². The predicted octanol–water partition coefficient (Wildman–Crippen LogP) is 1.26. The molecule has 1 rings (SSSR count). The van der Waals surface area contributed by atoms with Crippen molar-refractivity contribution < 1.29 is 9.53 Å². The first-order chi connectivity index (χ1) is 8.13. The quantitative estimate of drug-likeness (QED) is 0.762. The molecule has 0 radical (unpaired) electrons. The lowest BCUT2D eigenvalue weighted by Gasteiger charge is -2.28. The molecule has 0 bridgehead atoms. The van der Waals surface area contributed by atoms with Crippen LogP contribution < -0.4 is 5.32 Å².